The van der Waals surface area contributed by atoms with E-state index in [1.54, 1.807) is 11.3 Å². The van der Waals surface area contributed by atoms with Crippen LogP contribution in [-0.2, 0) is 9.53 Å². The molecule has 2 aromatic rings. The van der Waals surface area contributed by atoms with E-state index in [-0.39, 0.29) is 12.0 Å². The monoisotopic (exact) mass is 303 g/mol. The van der Waals surface area contributed by atoms with E-state index in [2.05, 4.69) is 42.6 Å². The fourth-order valence-electron chi connectivity index (χ4n) is 2.23. The van der Waals surface area contributed by atoms with Crippen molar-refractivity contribution in [2.24, 2.45) is 0 Å². The van der Waals surface area contributed by atoms with Gasteiger partial charge >= 0.3 is 5.97 Å². The SMILES string of the molecule is COC(=O)CC(NCC(C)c1ccccc1)c1cccs1. The van der Waals surface area contributed by atoms with Crippen LogP contribution in [0.3, 0.4) is 0 Å². The first-order valence-electron chi connectivity index (χ1n) is 7.09. The number of carbonyl (C=O) groups is 1. The van der Waals surface area contributed by atoms with Crippen LogP contribution in [0, 0.1) is 0 Å². The van der Waals surface area contributed by atoms with Crippen molar-refractivity contribution in [3.05, 3.63) is 58.3 Å². The Kier molecular flexibility index (Phi) is 5.96. The van der Waals surface area contributed by atoms with Crippen LogP contribution in [0.2, 0.25) is 0 Å². The van der Waals surface area contributed by atoms with Gasteiger partial charge in [0, 0.05) is 11.4 Å². The van der Waals surface area contributed by atoms with Gasteiger partial charge in [-0.1, -0.05) is 43.3 Å². The summed E-state index contributed by atoms with van der Waals surface area (Å²) in [5, 5.41) is 5.52. The molecule has 0 amide bonds. The first kappa shape index (κ1) is 15.7. The lowest BCUT2D eigenvalue weighted by Crippen LogP contribution is -2.27. The van der Waals surface area contributed by atoms with Crippen molar-refractivity contribution in [2.45, 2.75) is 25.3 Å². The largest absolute Gasteiger partial charge is 0.469 e. The molecule has 0 bridgehead atoms. The fraction of sp³-hybridized carbons (Fsp3) is 0.353. The number of hydrogen-bond donors (Lipinski definition) is 1. The molecule has 0 fully saturated rings. The number of rotatable bonds is 7. The van der Waals surface area contributed by atoms with Crippen LogP contribution >= 0.6 is 11.3 Å². The Bertz CT molecular complexity index is 539. The second-order valence-electron chi connectivity index (χ2n) is 5.07. The Labute approximate surface area is 130 Å². The topological polar surface area (TPSA) is 38.3 Å². The third kappa shape index (κ3) is 4.69. The molecule has 0 aliphatic rings. The van der Waals surface area contributed by atoms with Crippen LogP contribution in [0.5, 0.6) is 0 Å². The molecule has 2 rings (SSSR count). The summed E-state index contributed by atoms with van der Waals surface area (Å²) in [6.07, 6.45) is 0.360. The maximum absolute atomic E-state index is 11.6. The van der Waals surface area contributed by atoms with Gasteiger partial charge in [0.25, 0.3) is 0 Å². The molecular formula is C17H21NO2S. The van der Waals surface area contributed by atoms with Gasteiger partial charge in [-0.25, -0.2) is 0 Å². The van der Waals surface area contributed by atoms with E-state index in [1.165, 1.54) is 17.6 Å². The van der Waals surface area contributed by atoms with Crippen molar-refractivity contribution < 1.29 is 9.53 Å². The molecular weight excluding hydrogens is 282 g/mol. The molecule has 0 saturated heterocycles. The van der Waals surface area contributed by atoms with Gasteiger partial charge in [0.2, 0.25) is 0 Å². The van der Waals surface area contributed by atoms with Crippen LogP contribution in [0.4, 0.5) is 0 Å². The molecule has 1 N–H and O–H groups in total. The molecule has 21 heavy (non-hydrogen) atoms. The van der Waals surface area contributed by atoms with Crippen molar-refractivity contribution in [1.82, 2.24) is 5.32 Å². The Hall–Kier alpha value is -1.65. The zero-order chi connectivity index (χ0) is 15.1. The predicted molar refractivity (Wildman–Crippen MR) is 86.6 cm³/mol. The summed E-state index contributed by atoms with van der Waals surface area (Å²) in [7, 11) is 1.43. The molecule has 2 atom stereocenters. The minimum atomic E-state index is -0.187. The number of benzene rings is 1. The van der Waals surface area contributed by atoms with Crippen LogP contribution in [0.15, 0.2) is 47.8 Å². The van der Waals surface area contributed by atoms with E-state index in [0.717, 1.165) is 6.54 Å². The molecule has 1 heterocycles. The Balaban J connectivity index is 1.97. The smallest absolute Gasteiger partial charge is 0.307 e. The number of thiophene rings is 1. The maximum atomic E-state index is 11.6. The van der Waals surface area contributed by atoms with E-state index in [4.69, 9.17) is 4.74 Å². The summed E-state index contributed by atoms with van der Waals surface area (Å²) in [4.78, 5) is 12.7. The molecule has 0 radical (unpaired) electrons. The average Bonchev–Trinajstić information content (AvgIpc) is 3.06. The minimum absolute atomic E-state index is 0.0172. The van der Waals surface area contributed by atoms with E-state index in [1.807, 2.05) is 17.5 Å². The highest BCUT2D eigenvalue weighted by molar-refractivity contribution is 7.10. The predicted octanol–water partition coefficient (Wildman–Crippen LogP) is 3.75. The van der Waals surface area contributed by atoms with E-state index < -0.39 is 0 Å². The lowest BCUT2D eigenvalue weighted by atomic mass is 10.0. The third-order valence-electron chi connectivity index (χ3n) is 3.52. The molecule has 4 heteroatoms. The van der Waals surface area contributed by atoms with Gasteiger partial charge in [0.1, 0.15) is 0 Å². The van der Waals surface area contributed by atoms with Crippen molar-refractivity contribution in [1.29, 1.82) is 0 Å². The zero-order valence-electron chi connectivity index (χ0n) is 12.4. The summed E-state index contributed by atoms with van der Waals surface area (Å²) in [6.45, 7) is 3.01. The number of ether oxygens (including phenoxy) is 1. The Morgan fingerprint density at radius 3 is 2.62 bits per heavy atom. The lowest BCUT2D eigenvalue weighted by molar-refractivity contribution is -0.141. The first-order chi connectivity index (χ1) is 10.2. The first-order valence-corrected chi connectivity index (χ1v) is 7.97. The van der Waals surface area contributed by atoms with Crippen molar-refractivity contribution >= 4 is 17.3 Å². The third-order valence-corrected chi connectivity index (χ3v) is 4.51. The summed E-state index contributed by atoms with van der Waals surface area (Å²) in [5.41, 5.74) is 1.30. The number of methoxy groups -OCH3 is 1. The van der Waals surface area contributed by atoms with Gasteiger partial charge in [-0.05, 0) is 22.9 Å². The van der Waals surface area contributed by atoms with E-state index >= 15 is 0 Å². The molecule has 0 aliphatic carbocycles. The molecule has 3 nitrogen and oxygen atoms in total. The van der Waals surface area contributed by atoms with E-state index in [0.29, 0.717) is 12.3 Å². The molecule has 2 unspecified atom stereocenters. The zero-order valence-corrected chi connectivity index (χ0v) is 13.2. The molecule has 1 aromatic heterocycles. The summed E-state index contributed by atoms with van der Waals surface area (Å²) >= 11 is 1.66. The molecule has 1 aromatic carbocycles. The quantitative estimate of drug-likeness (QED) is 0.792. The van der Waals surface area contributed by atoms with Crippen molar-refractivity contribution in [2.75, 3.05) is 13.7 Å². The second kappa shape index (κ2) is 7.96. The second-order valence-corrected chi connectivity index (χ2v) is 6.05. The minimum Gasteiger partial charge on any atom is -0.469 e. The number of carbonyl (C=O) groups excluding carboxylic acids is 1. The molecule has 112 valence electrons. The Morgan fingerprint density at radius 1 is 1.24 bits per heavy atom. The van der Waals surface area contributed by atoms with E-state index in [9.17, 15) is 4.79 Å². The number of nitrogens with one attached hydrogen (secondary N) is 1. The molecule has 0 saturated carbocycles. The van der Waals surface area contributed by atoms with Crippen LogP contribution < -0.4 is 5.32 Å². The Morgan fingerprint density at radius 2 is 2.00 bits per heavy atom. The summed E-state index contributed by atoms with van der Waals surface area (Å²) in [6, 6.07) is 14.5. The summed E-state index contributed by atoms with van der Waals surface area (Å²) in [5.74, 6) is 0.208. The molecule has 0 spiro atoms. The van der Waals surface area contributed by atoms with Crippen LogP contribution in [-0.4, -0.2) is 19.6 Å². The standard InChI is InChI=1S/C17H21NO2S/c1-13(14-7-4-3-5-8-14)12-18-15(11-17(19)20-2)16-9-6-10-21-16/h3-10,13,15,18H,11-12H2,1-2H3. The van der Waals surface area contributed by atoms with Gasteiger partial charge < -0.3 is 10.1 Å². The van der Waals surface area contributed by atoms with Crippen LogP contribution in [0.1, 0.15) is 35.7 Å². The van der Waals surface area contributed by atoms with Gasteiger partial charge in [-0.15, -0.1) is 11.3 Å². The highest BCUT2D eigenvalue weighted by Gasteiger charge is 2.18. The van der Waals surface area contributed by atoms with Gasteiger partial charge in [-0.3, -0.25) is 4.79 Å². The van der Waals surface area contributed by atoms with Gasteiger partial charge in [-0.2, -0.15) is 0 Å². The average molecular weight is 303 g/mol. The van der Waals surface area contributed by atoms with Crippen molar-refractivity contribution in [3.63, 3.8) is 0 Å². The normalized spacial score (nSPS) is 13.6. The van der Waals surface area contributed by atoms with Crippen LogP contribution in [0.25, 0.3) is 0 Å². The van der Waals surface area contributed by atoms with Crippen molar-refractivity contribution in [3.8, 4) is 0 Å². The fourth-order valence-corrected chi connectivity index (χ4v) is 3.03. The molecule has 0 aliphatic heterocycles. The number of esters is 1. The highest BCUT2D eigenvalue weighted by Crippen LogP contribution is 2.23. The lowest BCUT2D eigenvalue weighted by Gasteiger charge is -2.20. The summed E-state index contributed by atoms with van der Waals surface area (Å²) < 4.78 is 4.80. The maximum Gasteiger partial charge on any atom is 0.307 e. The highest BCUT2D eigenvalue weighted by atomic mass is 32.1. The van der Waals surface area contributed by atoms with Gasteiger partial charge in [0.05, 0.1) is 19.6 Å². The number of hydrogen-bond acceptors (Lipinski definition) is 4. The van der Waals surface area contributed by atoms with Gasteiger partial charge in [0.15, 0.2) is 0 Å².